The van der Waals surface area contributed by atoms with E-state index in [1.807, 2.05) is 54.6 Å². The summed E-state index contributed by atoms with van der Waals surface area (Å²) in [6, 6.07) is 25.2. The molecule has 0 bridgehead atoms. The lowest BCUT2D eigenvalue weighted by Crippen LogP contribution is -1.90. The van der Waals surface area contributed by atoms with Crippen LogP contribution in [0.25, 0.3) is 98.8 Å². The molecule has 0 aliphatic rings. The normalized spacial score (nSPS) is 15.4. The zero-order valence-electron chi connectivity index (χ0n) is 38.7. The predicted octanol–water partition coefficient (Wildman–Crippen LogP) is 13.7. The van der Waals surface area contributed by atoms with Gasteiger partial charge in [-0.15, -0.1) is 0 Å². The number of hydrogen-bond acceptors (Lipinski definition) is 1. The first-order valence-corrected chi connectivity index (χ1v) is 15.8. The quantitative estimate of drug-likeness (QED) is 0.175. The molecule has 1 nitrogen and oxygen atoms in total. The minimum atomic E-state index is -0.713. The van der Waals surface area contributed by atoms with Crippen molar-refractivity contribution in [3.63, 3.8) is 0 Å². The third-order valence-electron chi connectivity index (χ3n) is 9.19. The fourth-order valence-electron chi connectivity index (χ4n) is 6.97. The Morgan fingerprint density at radius 3 is 1.67 bits per heavy atom. The van der Waals surface area contributed by atoms with Gasteiger partial charge in [0.25, 0.3) is 0 Å². The molecule has 0 unspecified atom stereocenters. The Bertz CT molecular complexity index is 3500. The molecule has 0 fully saturated rings. The van der Waals surface area contributed by atoms with Crippen molar-refractivity contribution in [3.05, 3.63) is 182 Å². The van der Waals surface area contributed by atoms with Crippen molar-refractivity contribution in [1.82, 2.24) is 0 Å². The van der Waals surface area contributed by atoms with Crippen molar-refractivity contribution in [2.75, 3.05) is 0 Å². The molecule has 0 amide bonds. The molecule has 10 rings (SSSR count). The van der Waals surface area contributed by atoms with Crippen molar-refractivity contribution in [2.45, 2.75) is 0 Å². The van der Waals surface area contributed by atoms with Gasteiger partial charge >= 0.3 is 0 Å². The van der Waals surface area contributed by atoms with Gasteiger partial charge in [0.15, 0.2) is 0 Å². The van der Waals surface area contributed by atoms with E-state index in [1.165, 1.54) is 0 Å². The second-order valence-electron chi connectivity index (χ2n) is 11.9. The van der Waals surface area contributed by atoms with Crippen LogP contribution in [-0.2, 0) is 0 Å². The van der Waals surface area contributed by atoms with Gasteiger partial charge in [0.2, 0.25) is 0 Å². The van der Waals surface area contributed by atoms with Gasteiger partial charge in [-0.25, -0.2) is 0 Å². The Labute approximate surface area is 302 Å². The average Bonchev–Trinajstić information content (AvgIpc) is 3.67. The molecule has 9 aromatic carbocycles. The van der Waals surface area contributed by atoms with Gasteiger partial charge in [-0.2, -0.15) is 0 Å². The summed E-state index contributed by atoms with van der Waals surface area (Å²) in [5.41, 5.74) is 4.79. The number of furan rings is 1. The Hall–Kier alpha value is -6.44. The van der Waals surface area contributed by atoms with Crippen LogP contribution in [0.1, 0.15) is 17.8 Å². The second-order valence-corrected chi connectivity index (χ2v) is 11.9. The van der Waals surface area contributed by atoms with Gasteiger partial charge in [-0.3, -0.25) is 0 Å². The van der Waals surface area contributed by atoms with E-state index >= 15 is 0 Å². The molecule has 10 aromatic rings. The maximum Gasteiger partial charge on any atom is 0.136 e. The Morgan fingerprint density at radius 2 is 0.959 bits per heavy atom. The maximum atomic E-state index is 9.23. The fraction of sp³-hybridized carbons (Fsp3) is 0. The third kappa shape index (κ3) is 4.47. The number of benzene rings is 9. The van der Waals surface area contributed by atoms with E-state index in [4.69, 9.17) is 16.8 Å². The predicted molar refractivity (Wildman–Crippen MR) is 208 cm³/mol. The van der Waals surface area contributed by atoms with Crippen molar-refractivity contribution < 1.29 is 22.2 Å². The first-order valence-electron chi connectivity index (χ1n) is 22.3. The molecule has 1 heteroatoms. The van der Waals surface area contributed by atoms with Crippen LogP contribution in [0.15, 0.2) is 186 Å². The maximum absolute atomic E-state index is 9.23. The average molecular weight is 636 g/mol. The van der Waals surface area contributed by atoms with E-state index in [9.17, 15) is 5.48 Å². The van der Waals surface area contributed by atoms with Crippen LogP contribution in [0.4, 0.5) is 0 Å². The molecule has 0 aliphatic carbocycles. The zero-order chi connectivity index (χ0) is 43.6. The summed E-state index contributed by atoms with van der Waals surface area (Å²) in [7, 11) is 0. The highest BCUT2D eigenvalue weighted by molar-refractivity contribution is 6.21. The van der Waals surface area contributed by atoms with Crippen LogP contribution < -0.4 is 0 Å². The summed E-state index contributed by atoms with van der Waals surface area (Å²) in [6.45, 7) is 0. The minimum Gasteiger partial charge on any atom is -0.456 e. The van der Waals surface area contributed by atoms with Crippen molar-refractivity contribution >= 4 is 54.3 Å². The zero-order valence-corrected chi connectivity index (χ0v) is 25.7. The lowest BCUT2D eigenvalue weighted by atomic mass is 9.85. The molecule has 0 saturated heterocycles. The van der Waals surface area contributed by atoms with Gasteiger partial charge in [-0.1, -0.05) is 157 Å². The summed E-state index contributed by atoms with van der Waals surface area (Å²) in [5.74, 6) is 0. The minimum absolute atomic E-state index is 0.0768. The summed E-state index contributed by atoms with van der Waals surface area (Å²) in [5, 5.41) is 3.36. The first kappa shape index (κ1) is 17.6. The van der Waals surface area contributed by atoms with Gasteiger partial charge in [0, 0.05) is 10.8 Å². The number of rotatable bonds is 4. The van der Waals surface area contributed by atoms with Crippen LogP contribution in [0.3, 0.4) is 0 Å². The molecular formula is C48H30O. The molecule has 0 atom stereocenters. The monoisotopic (exact) mass is 635 g/mol. The Kier molecular flexibility index (Phi) is 3.99. The van der Waals surface area contributed by atoms with E-state index in [2.05, 4.69) is 36.4 Å². The second kappa shape index (κ2) is 11.1. The number of fused-ring (bicyclic) bond motifs is 6. The van der Waals surface area contributed by atoms with Gasteiger partial charge in [0.05, 0.1) is 17.8 Å². The molecule has 0 spiro atoms. The van der Waals surface area contributed by atoms with E-state index in [-0.39, 0.29) is 32.7 Å². The van der Waals surface area contributed by atoms with Crippen LogP contribution in [0, 0.1) is 0 Å². The summed E-state index contributed by atoms with van der Waals surface area (Å²) in [6.07, 6.45) is 0. The topological polar surface area (TPSA) is 13.1 Å². The Balaban J connectivity index is 1.23. The summed E-state index contributed by atoms with van der Waals surface area (Å²) < 4.78 is 121. The van der Waals surface area contributed by atoms with Crippen LogP contribution in [-0.4, -0.2) is 0 Å². The molecule has 1 aromatic heterocycles. The van der Waals surface area contributed by atoms with E-state index in [1.54, 1.807) is 12.1 Å². The van der Waals surface area contributed by atoms with Crippen LogP contribution >= 0.6 is 0 Å². The molecule has 1 heterocycles. The highest BCUT2D eigenvalue weighted by atomic mass is 16.3. The van der Waals surface area contributed by atoms with E-state index in [0.29, 0.717) is 11.1 Å². The van der Waals surface area contributed by atoms with Gasteiger partial charge < -0.3 is 4.42 Å². The van der Waals surface area contributed by atoms with Crippen molar-refractivity contribution in [1.29, 1.82) is 0 Å². The molecule has 0 radical (unpaired) electrons. The van der Waals surface area contributed by atoms with Gasteiger partial charge in [-0.05, 0) is 101 Å². The number of hydrogen-bond donors (Lipinski definition) is 0. The standard InChI is InChI=1S/C48H30O/c1-2-12-33(13-3-1)46-39-15-6-8-17-41(39)47(42-18-9-7-16-40(42)46)34-24-21-32(22-25-34)36-27-28-44-43(30-36)48-38(19-10-20-45(48)49-44)37-26-23-31-11-4-5-14-35(31)29-37/h1-30H/i1D,2D,3D,6D,7D,8D,9D,12D,13D,15D,16D,17D,18D. The fourth-order valence-corrected chi connectivity index (χ4v) is 6.97. The SMILES string of the molecule is [2H]c1c([2H])c([2H])c(-c2c3c([2H])c([2H])c([2H])c([2H])c3c(-c3ccc(-c4ccc5oc6cccc(-c7ccc8ccccc8c7)c6c5c4)cc3)c3c([2H])c([2H])c([2H])c([2H])c23)c([2H])c1[2H]. The lowest BCUT2D eigenvalue weighted by Gasteiger charge is -2.18. The summed E-state index contributed by atoms with van der Waals surface area (Å²) in [4.78, 5) is 0. The first-order chi connectivity index (χ1) is 29.7. The van der Waals surface area contributed by atoms with Crippen LogP contribution in [0.2, 0.25) is 0 Å². The van der Waals surface area contributed by atoms with Crippen molar-refractivity contribution in [2.24, 2.45) is 0 Å². The Morgan fingerprint density at radius 1 is 0.367 bits per heavy atom. The van der Waals surface area contributed by atoms with E-state index in [0.717, 1.165) is 49.4 Å². The third-order valence-corrected chi connectivity index (χ3v) is 9.19. The van der Waals surface area contributed by atoms with E-state index < -0.39 is 84.1 Å². The largest absolute Gasteiger partial charge is 0.456 e. The van der Waals surface area contributed by atoms with Crippen molar-refractivity contribution in [3.8, 4) is 44.5 Å². The van der Waals surface area contributed by atoms with Crippen LogP contribution in [0.5, 0.6) is 0 Å². The molecule has 0 aliphatic heterocycles. The molecule has 228 valence electrons. The molecule has 49 heavy (non-hydrogen) atoms. The lowest BCUT2D eigenvalue weighted by molar-refractivity contribution is 0.669. The molecule has 0 N–H and O–H groups in total. The smallest absolute Gasteiger partial charge is 0.136 e. The summed E-state index contributed by atoms with van der Waals surface area (Å²) >= 11 is 0. The molecule has 0 saturated carbocycles. The highest BCUT2D eigenvalue weighted by Crippen LogP contribution is 2.44. The molecular weight excluding hydrogens is 593 g/mol. The van der Waals surface area contributed by atoms with Gasteiger partial charge in [0.1, 0.15) is 11.2 Å². The highest BCUT2D eigenvalue weighted by Gasteiger charge is 2.17.